The number of hydrogen-bond acceptors (Lipinski definition) is 2. The maximum absolute atomic E-state index is 6.41. The summed E-state index contributed by atoms with van der Waals surface area (Å²) >= 11 is 0. The smallest absolute Gasteiger partial charge is 0.135 e. The molecule has 2 aliphatic rings. The molecule has 1 fully saturated rings. The highest BCUT2D eigenvalue weighted by molar-refractivity contribution is 6.07. The Hall–Kier alpha value is -7.16. The molecule has 292 valence electrons. The van der Waals surface area contributed by atoms with E-state index in [4.69, 9.17) is 4.42 Å². The van der Waals surface area contributed by atoms with Gasteiger partial charge in [-0.2, -0.15) is 0 Å². The van der Waals surface area contributed by atoms with Gasteiger partial charge in [-0.25, -0.2) is 0 Å². The minimum absolute atomic E-state index is 0.532. The highest BCUT2D eigenvalue weighted by Crippen LogP contribution is 2.60. The van der Waals surface area contributed by atoms with E-state index in [1.165, 1.54) is 92.9 Å². The van der Waals surface area contributed by atoms with Gasteiger partial charge in [0.05, 0.1) is 11.1 Å². The second kappa shape index (κ2) is 14.5. The van der Waals surface area contributed by atoms with Crippen molar-refractivity contribution >= 4 is 49.8 Å². The van der Waals surface area contributed by atoms with E-state index in [2.05, 4.69) is 205 Å². The van der Waals surface area contributed by atoms with Gasteiger partial charge in [-0.05, 0) is 123 Å². The Kier molecular flexibility index (Phi) is 8.52. The van der Waals surface area contributed by atoms with Crippen LogP contribution >= 0.6 is 0 Å². The topological polar surface area (TPSA) is 16.4 Å². The van der Waals surface area contributed by atoms with Crippen LogP contribution in [0.25, 0.3) is 55.0 Å². The van der Waals surface area contributed by atoms with E-state index in [1.807, 2.05) is 6.07 Å². The molecule has 0 aliphatic heterocycles. The van der Waals surface area contributed by atoms with Gasteiger partial charge in [0.1, 0.15) is 11.2 Å². The Balaban J connectivity index is 1.18. The van der Waals surface area contributed by atoms with E-state index in [0.717, 1.165) is 39.0 Å². The zero-order valence-corrected chi connectivity index (χ0v) is 34.1. The first-order valence-electron chi connectivity index (χ1n) is 21.9. The van der Waals surface area contributed by atoms with Gasteiger partial charge in [-0.3, -0.25) is 0 Å². The van der Waals surface area contributed by atoms with E-state index in [9.17, 15) is 0 Å². The van der Waals surface area contributed by atoms with Gasteiger partial charge in [0.25, 0.3) is 0 Å². The number of furan rings is 1. The lowest BCUT2D eigenvalue weighted by molar-refractivity contribution is 0.444. The highest BCUT2D eigenvalue weighted by atomic mass is 16.3. The SMILES string of the molecule is c1ccc(-c2cc3ccccc3cc2N(c2ccc3c(c2)C(c2ccccc2)(c2ccccc2)c2cccc(C4CCCCC4)c2-3)c2ccc3oc4ccccc4c3c2)cc1. The number of nitrogens with zero attached hydrogens (tertiary/aromatic N) is 1. The molecular formula is C59H45NO. The van der Waals surface area contributed by atoms with Crippen LogP contribution in [0.2, 0.25) is 0 Å². The van der Waals surface area contributed by atoms with Gasteiger partial charge >= 0.3 is 0 Å². The Morgan fingerprint density at radius 2 is 1.07 bits per heavy atom. The summed E-state index contributed by atoms with van der Waals surface area (Å²) in [5, 5.41) is 4.64. The maximum Gasteiger partial charge on any atom is 0.135 e. The maximum atomic E-state index is 6.41. The molecule has 0 spiro atoms. The molecule has 1 aromatic heterocycles. The summed E-state index contributed by atoms with van der Waals surface area (Å²) in [6, 6.07) is 76.6. The number of para-hydroxylation sites is 1. The molecule has 1 saturated carbocycles. The van der Waals surface area contributed by atoms with Gasteiger partial charge in [0.2, 0.25) is 0 Å². The number of rotatable bonds is 7. The van der Waals surface area contributed by atoms with Crippen molar-refractivity contribution in [3.05, 3.63) is 234 Å². The lowest BCUT2D eigenvalue weighted by atomic mass is 9.67. The zero-order valence-electron chi connectivity index (χ0n) is 34.1. The number of fused-ring (bicyclic) bond motifs is 7. The number of benzene rings is 9. The monoisotopic (exact) mass is 783 g/mol. The van der Waals surface area contributed by atoms with Crippen molar-refractivity contribution in [2.45, 2.75) is 43.4 Å². The normalized spacial score (nSPS) is 14.6. The van der Waals surface area contributed by atoms with Crippen LogP contribution in [0, 0.1) is 0 Å². The van der Waals surface area contributed by atoms with E-state index in [-0.39, 0.29) is 0 Å². The van der Waals surface area contributed by atoms with Crippen molar-refractivity contribution in [3.8, 4) is 22.3 Å². The molecule has 2 aliphatic carbocycles. The third kappa shape index (κ3) is 5.70. The molecule has 0 atom stereocenters. The standard InChI is InChI=1S/C59H45NO/c1-5-18-40(19-6-1)48-29-17-30-53-58(48)50-34-32-47(39-54(50)59(53,44-24-9-3-10-25-44)45-26-11-4-12-27-45)60(46-33-35-57-52(38-46)49-28-15-16-31-56(49)61-57)55-37-43-23-14-13-22-42(43)36-51(55)41-20-7-2-8-21-41/h2-4,7-17,20-40H,1,5-6,18-19H2. The number of anilines is 3. The summed E-state index contributed by atoms with van der Waals surface area (Å²) in [4.78, 5) is 2.50. The second-order valence-corrected chi connectivity index (χ2v) is 17.0. The molecule has 2 nitrogen and oxygen atoms in total. The molecular weight excluding hydrogens is 739 g/mol. The van der Waals surface area contributed by atoms with Crippen LogP contribution in [-0.4, -0.2) is 0 Å². The highest BCUT2D eigenvalue weighted by Gasteiger charge is 2.47. The third-order valence-corrected chi connectivity index (χ3v) is 13.7. The summed E-state index contributed by atoms with van der Waals surface area (Å²) in [5.74, 6) is 0.553. The lowest BCUT2D eigenvalue weighted by Crippen LogP contribution is -2.29. The average molecular weight is 784 g/mol. The quantitative estimate of drug-likeness (QED) is 0.160. The van der Waals surface area contributed by atoms with Crippen LogP contribution in [0.4, 0.5) is 17.1 Å². The largest absolute Gasteiger partial charge is 0.456 e. The fraction of sp³-hybridized carbons (Fsp3) is 0.119. The Bertz CT molecular complexity index is 3190. The first-order chi connectivity index (χ1) is 30.3. The molecule has 12 rings (SSSR count). The fourth-order valence-corrected chi connectivity index (χ4v) is 11.0. The molecule has 0 radical (unpaired) electrons. The van der Waals surface area contributed by atoms with Crippen molar-refractivity contribution < 1.29 is 4.42 Å². The summed E-state index contributed by atoms with van der Waals surface area (Å²) < 4.78 is 6.41. The van der Waals surface area contributed by atoms with Crippen LogP contribution in [-0.2, 0) is 5.41 Å². The van der Waals surface area contributed by atoms with Crippen molar-refractivity contribution in [2.24, 2.45) is 0 Å². The Morgan fingerprint density at radius 1 is 0.443 bits per heavy atom. The minimum Gasteiger partial charge on any atom is -0.456 e. The van der Waals surface area contributed by atoms with Crippen LogP contribution in [0.15, 0.2) is 211 Å². The summed E-state index contributed by atoms with van der Waals surface area (Å²) in [6.45, 7) is 0. The Morgan fingerprint density at radius 3 is 1.82 bits per heavy atom. The molecule has 0 amide bonds. The van der Waals surface area contributed by atoms with Crippen LogP contribution < -0.4 is 4.90 Å². The molecule has 0 saturated heterocycles. The van der Waals surface area contributed by atoms with Gasteiger partial charge in [-0.15, -0.1) is 0 Å². The first-order valence-corrected chi connectivity index (χ1v) is 21.9. The van der Waals surface area contributed by atoms with E-state index >= 15 is 0 Å². The fourth-order valence-electron chi connectivity index (χ4n) is 11.0. The molecule has 0 bridgehead atoms. The van der Waals surface area contributed by atoms with Crippen LogP contribution in [0.1, 0.15) is 65.8 Å². The van der Waals surface area contributed by atoms with Gasteiger partial charge in [0.15, 0.2) is 0 Å². The van der Waals surface area contributed by atoms with Crippen molar-refractivity contribution in [1.29, 1.82) is 0 Å². The summed E-state index contributed by atoms with van der Waals surface area (Å²) in [7, 11) is 0. The van der Waals surface area contributed by atoms with Gasteiger partial charge in [-0.1, -0.05) is 177 Å². The predicted octanol–water partition coefficient (Wildman–Crippen LogP) is 16.3. The molecule has 9 aromatic carbocycles. The van der Waals surface area contributed by atoms with Gasteiger partial charge < -0.3 is 9.32 Å². The van der Waals surface area contributed by atoms with Crippen molar-refractivity contribution in [1.82, 2.24) is 0 Å². The van der Waals surface area contributed by atoms with Crippen LogP contribution in [0.5, 0.6) is 0 Å². The van der Waals surface area contributed by atoms with Crippen LogP contribution in [0.3, 0.4) is 0 Å². The van der Waals surface area contributed by atoms with E-state index in [1.54, 1.807) is 0 Å². The molecule has 2 heteroatoms. The summed E-state index contributed by atoms with van der Waals surface area (Å²) in [6.07, 6.45) is 6.42. The molecule has 0 N–H and O–H groups in total. The summed E-state index contributed by atoms with van der Waals surface area (Å²) in [5.41, 5.74) is 16.5. The van der Waals surface area contributed by atoms with Crippen molar-refractivity contribution in [3.63, 3.8) is 0 Å². The Labute approximate surface area is 357 Å². The molecule has 0 unspecified atom stereocenters. The molecule has 61 heavy (non-hydrogen) atoms. The molecule has 10 aromatic rings. The lowest BCUT2D eigenvalue weighted by Gasteiger charge is -2.35. The third-order valence-electron chi connectivity index (χ3n) is 13.7. The first kappa shape index (κ1) is 35.8. The number of hydrogen-bond donors (Lipinski definition) is 0. The second-order valence-electron chi connectivity index (χ2n) is 17.0. The predicted molar refractivity (Wildman–Crippen MR) is 254 cm³/mol. The zero-order chi connectivity index (χ0) is 40.3. The van der Waals surface area contributed by atoms with Crippen molar-refractivity contribution in [2.75, 3.05) is 4.90 Å². The average Bonchev–Trinajstić information content (AvgIpc) is 3.86. The van der Waals surface area contributed by atoms with E-state index < -0.39 is 5.41 Å². The molecule has 1 heterocycles. The van der Waals surface area contributed by atoms with Gasteiger partial charge in [0, 0.05) is 27.7 Å². The minimum atomic E-state index is -0.532. The van der Waals surface area contributed by atoms with E-state index in [0.29, 0.717) is 5.92 Å².